The zero-order valence-electron chi connectivity index (χ0n) is 19.5. The van der Waals surface area contributed by atoms with E-state index in [1.807, 2.05) is 42.6 Å². The molecule has 0 N–H and O–H groups in total. The van der Waals surface area contributed by atoms with Crippen molar-refractivity contribution in [3.8, 4) is 5.75 Å². The predicted molar refractivity (Wildman–Crippen MR) is 139 cm³/mol. The van der Waals surface area contributed by atoms with Gasteiger partial charge in [-0.3, -0.25) is 13.8 Å². The third-order valence-electron chi connectivity index (χ3n) is 5.65. The average Bonchev–Trinajstić information content (AvgIpc) is 3.45. The molecule has 0 aliphatic carbocycles. The van der Waals surface area contributed by atoms with E-state index in [0.717, 1.165) is 40.1 Å². The summed E-state index contributed by atoms with van der Waals surface area (Å²) in [5.41, 5.74) is 3.99. The highest BCUT2D eigenvalue weighted by Gasteiger charge is 2.15. The van der Waals surface area contributed by atoms with E-state index < -0.39 is 0 Å². The van der Waals surface area contributed by atoms with Crippen LogP contribution < -0.4 is 10.3 Å². The Bertz CT molecular complexity index is 1490. The Kier molecular flexibility index (Phi) is 6.96. The summed E-state index contributed by atoms with van der Waals surface area (Å²) in [7, 11) is 0. The smallest absolute Gasteiger partial charge is 0.258 e. The minimum atomic E-state index is -0.0571. The molecule has 0 atom stereocenters. The number of ether oxygens (including phenoxy) is 1. The lowest BCUT2D eigenvalue weighted by atomic mass is 10.2. The van der Waals surface area contributed by atoms with Gasteiger partial charge in [0.2, 0.25) is 0 Å². The molecule has 3 heterocycles. The zero-order chi connectivity index (χ0) is 24.2. The zero-order valence-corrected chi connectivity index (χ0v) is 21.2. The Morgan fingerprint density at radius 1 is 1.03 bits per heavy atom. The van der Waals surface area contributed by atoms with E-state index in [1.165, 1.54) is 28.7 Å². The highest BCUT2D eigenvalue weighted by Crippen LogP contribution is 2.24. The second-order valence-electron chi connectivity index (χ2n) is 8.13. The number of hydrogen-bond donors (Lipinski definition) is 0. The lowest BCUT2D eigenvalue weighted by Gasteiger charge is -2.11. The van der Waals surface area contributed by atoms with Gasteiger partial charge < -0.3 is 4.74 Å². The first-order valence-electron chi connectivity index (χ1n) is 11.4. The summed E-state index contributed by atoms with van der Waals surface area (Å²) in [6.07, 6.45) is 0.993. The van der Waals surface area contributed by atoms with E-state index in [0.29, 0.717) is 23.9 Å². The fourth-order valence-electron chi connectivity index (χ4n) is 3.74. The van der Waals surface area contributed by atoms with Crippen molar-refractivity contribution < 1.29 is 4.74 Å². The maximum Gasteiger partial charge on any atom is 0.258 e. The molecule has 5 rings (SSSR count). The normalized spacial score (nSPS) is 11.3. The van der Waals surface area contributed by atoms with Crippen molar-refractivity contribution in [2.24, 2.45) is 0 Å². The van der Waals surface area contributed by atoms with E-state index in [9.17, 15) is 4.79 Å². The quantitative estimate of drug-likeness (QED) is 0.259. The van der Waals surface area contributed by atoms with Crippen LogP contribution in [0.2, 0.25) is 0 Å². The van der Waals surface area contributed by atoms with E-state index in [2.05, 4.69) is 50.9 Å². The van der Waals surface area contributed by atoms with Crippen LogP contribution in [-0.2, 0) is 25.3 Å². The molecular formula is C26H25N5O2S2. The second-order valence-corrected chi connectivity index (χ2v) is 9.91. The first-order valence-corrected chi connectivity index (χ1v) is 13.2. The molecule has 0 fully saturated rings. The van der Waals surface area contributed by atoms with Crippen molar-refractivity contribution in [1.29, 1.82) is 0 Å². The van der Waals surface area contributed by atoms with E-state index in [1.54, 1.807) is 10.5 Å². The van der Waals surface area contributed by atoms with Gasteiger partial charge in [-0.05, 0) is 36.6 Å². The van der Waals surface area contributed by atoms with Gasteiger partial charge in [0.05, 0.1) is 12.2 Å². The van der Waals surface area contributed by atoms with Crippen molar-refractivity contribution >= 4 is 28.1 Å². The molecule has 0 spiro atoms. The third-order valence-corrected chi connectivity index (χ3v) is 7.60. The molecule has 7 nitrogen and oxygen atoms in total. The van der Waals surface area contributed by atoms with Crippen molar-refractivity contribution in [2.45, 2.75) is 44.3 Å². The number of hydrogen-bond acceptors (Lipinski definition) is 7. The Morgan fingerprint density at radius 3 is 2.60 bits per heavy atom. The van der Waals surface area contributed by atoms with Crippen LogP contribution in [-0.4, -0.2) is 24.1 Å². The number of thiazole rings is 1. The van der Waals surface area contributed by atoms with Gasteiger partial charge in [0.15, 0.2) is 15.9 Å². The minimum absolute atomic E-state index is 0.0571. The van der Waals surface area contributed by atoms with Crippen molar-refractivity contribution in [3.05, 3.63) is 105 Å². The molecule has 0 bridgehead atoms. The monoisotopic (exact) mass is 503 g/mol. The molecule has 0 saturated carbocycles. The van der Waals surface area contributed by atoms with Crippen molar-refractivity contribution in [3.63, 3.8) is 0 Å². The Hall–Kier alpha value is -3.43. The van der Waals surface area contributed by atoms with Gasteiger partial charge in [-0.1, -0.05) is 61.2 Å². The summed E-state index contributed by atoms with van der Waals surface area (Å²) in [5, 5.41) is 11.6. The van der Waals surface area contributed by atoms with Crippen LogP contribution in [0.1, 0.15) is 35.3 Å². The highest BCUT2D eigenvalue weighted by atomic mass is 32.2. The summed E-state index contributed by atoms with van der Waals surface area (Å²) in [4.78, 5) is 17.9. The largest absolute Gasteiger partial charge is 0.486 e. The minimum Gasteiger partial charge on any atom is -0.486 e. The van der Waals surface area contributed by atoms with Crippen LogP contribution >= 0.6 is 23.1 Å². The molecule has 9 heteroatoms. The van der Waals surface area contributed by atoms with Gasteiger partial charge >= 0.3 is 0 Å². The number of benzene rings is 2. The highest BCUT2D eigenvalue weighted by molar-refractivity contribution is 7.98. The fourth-order valence-corrected chi connectivity index (χ4v) is 5.48. The topological polar surface area (TPSA) is 74.3 Å². The number of aromatic nitrogens is 5. The van der Waals surface area contributed by atoms with Gasteiger partial charge in [-0.2, -0.15) is 0 Å². The number of nitrogens with zero attached hydrogens (tertiary/aromatic N) is 5. The molecular weight excluding hydrogens is 478 g/mol. The second kappa shape index (κ2) is 10.5. The first-order chi connectivity index (χ1) is 17.1. The third kappa shape index (κ3) is 5.31. The molecule has 0 unspecified atom stereocenters. The molecule has 0 radical (unpaired) electrons. The van der Waals surface area contributed by atoms with Crippen LogP contribution in [0.4, 0.5) is 0 Å². The number of fused-ring (bicyclic) bond motifs is 1. The molecule has 0 saturated heterocycles. The predicted octanol–water partition coefficient (Wildman–Crippen LogP) is 5.14. The summed E-state index contributed by atoms with van der Waals surface area (Å²) in [6.45, 7) is 4.98. The molecule has 2 aromatic carbocycles. The van der Waals surface area contributed by atoms with Gasteiger partial charge in [0, 0.05) is 22.9 Å². The van der Waals surface area contributed by atoms with Gasteiger partial charge in [-0.15, -0.1) is 21.5 Å². The summed E-state index contributed by atoms with van der Waals surface area (Å²) < 4.78 is 9.73. The Labute approximate surface area is 211 Å². The average molecular weight is 504 g/mol. The van der Waals surface area contributed by atoms with E-state index >= 15 is 0 Å². The molecule has 0 aliphatic heterocycles. The van der Waals surface area contributed by atoms with E-state index in [4.69, 9.17) is 4.74 Å². The summed E-state index contributed by atoms with van der Waals surface area (Å²) >= 11 is 2.99. The lowest BCUT2D eigenvalue weighted by molar-refractivity contribution is 0.289. The van der Waals surface area contributed by atoms with Crippen LogP contribution in [0.25, 0.3) is 4.96 Å². The maximum atomic E-state index is 12.5. The Morgan fingerprint density at radius 2 is 1.83 bits per heavy atom. The van der Waals surface area contributed by atoms with Crippen LogP contribution in [0, 0.1) is 6.92 Å². The Balaban J connectivity index is 1.37. The molecule has 35 heavy (non-hydrogen) atoms. The molecule has 0 amide bonds. The molecule has 3 aromatic heterocycles. The van der Waals surface area contributed by atoms with Crippen LogP contribution in [0.3, 0.4) is 0 Å². The van der Waals surface area contributed by atoms with Gasteiger partial charge in [-0.25, -0.2) is 4.98 Å². The number of aryl methyl sites for hydroxylation is 2. The number of thioether (sulfide) groups is 1. The molecule has 5 aromatic rings. The standard InChI is InChI=1S/C26H25N5O2S2/c1-3-19-9-11-22(12-10-19)33-15-23-28-29-26(30(23)14-20-7-5-4-6-8-20)35-17-21-13-24(32)31-18(2)16-34-25(31)27-21/h4-13,16H,3,14-15,17H2,1-2H3. The summed E-state index contributed by atoms with van der Waals surface area (Å²) in [6, 6.07) is 19.9. The number of rotatable bonds is 9. The lowest BCUT2D eigenvalue weighted by Crippen LogP contribution is -2.14. The molecule has 0 aliphatic rings. The SMILES string of the molecule is CCc1ccc(OCc2nnc(SCc3cc(=O)n4c(C)csc4n3)n2Cc2ccccc2)cc1. The van der Waals surface area contributed by atoms with E-state index in [-0.39, 0.29) is 5.56 Å². The summed E-state index contributed by atoms with van der Waals surface area (Å²) in [5.74, 6) is 2.07. The van der Waals surface area contributed by atoms with Crippen LogP contribution in [0.5, 0.6) is 5.75 Å². The van der Waals surface area contributed by atoms with Gasteiger partial charge in [0.25, 0.3) is 5.56 Å². The fraction of sp³-hybridized carbons (Fsp3) is 0.231. The maximum absolute atomic E-state index is 12.5. The van der Waals surface area contributed by atoms with Gasteiger partial charge in [0.1, 0.15) is 12.4 Å². The van der Waals surface area contributed by atoms with Crippen molar-refractivity contribution in [1.82, 2.24) is 24.1 Å². The van der Waals surface area contributed by atoms with Crippen LogP contribution in [0.15, 0.2) is 76.0 Å². The first kappa shape index (κ1) is 23.3. The molecule has 178 valence electrons. The van der Waals surface area contributed by atoms with Crippen molar-refractivity contribution in [2.75, 3.05) is 0 Å².